The maximum Gasteiger partial charge on any atom is 0.0991 e. The molecule has 0 bridgehead atoms. The first-order chi connectivity index (χ1) is 6.81. The summed E-state index contributed by atoms with van der Waals surface area (Å²) in [7, 11) is 0. The second-order valence-electron chi connectivity index (χ2n) is 2.84. The van der Waals surface area contributed by atoms with E-state index in [4.69, 9.17) is 5.26 Å². The molecule has 0 aliphatic carbocycles. The summed E-state index contributed by atoms with van der Waals surface area (Å²) < 4.78 is 0. The van der Waals surface area contributed by atoms with Crippen molar-refractivity contribution in [1.82, 2.24) is 4.98 Å². The molecule has 1 heterocycles. The van der Waals surface area contributed by atoms with Crippen LogP contribution in [0.25, 0.3) is 10.9 Å². The Kier molecular flexibility index (Phi) is 3.30. The highest BCUT2D eigenvalue weighted by Gasteiger charge is 1.99. The minimum Gasteiger partial charge on any atom is -0.361 e. The Balaban J connectivity index is 0.000000461. The third-order valence-electron chi connectivity index (χ3n) is 2.02. The number of aromatic nitrogens is 1. The molecule has 1 aromatic heterocycles. The van der Waals surface area contributed by atoms with Gasteiger partial charge in [0.2, 0.25) is 0 Å². The third kappa shape index (κ3) is 1.77. The molecule has 14 heavy (non-hydrogen) atoms. The van der Waals surface area contributed by atoms with E-state index in [-0.39, 0.29) is 0 Å². The Morgan fingerprint density at radius 2 is 2.00 bits per heavy atom. The number of nitriles is 1. The molecule has 0 aliphatic heterocycles. The number of benzene rings is 1. The molecule has 1 aromatic carbocycles. The Bertz CT molecular complexity index is 461. The van der Waals surface area contributed by atoms with Gasteiger partial charge in [0.25, 0.3) is 0 Å². The lowest BCUT2D eigenvalue weighted by atomic mass is 10.1. The number of rotatable bonds is 0. The van der Waals surface area contributed by atoms with Crippen LogP contribution in [0.5, 0.6) is 0 Å². The van der Waals surface area contributed by atoms with Crippen LogP contribution in [0.2, 0.25) is 0 Å². The van der Waals surface area contributed by atoms with Gasteiger partial charge in [-0.2, -0.15) is 5.26 Å². The molecular weight excluding hydrogens is 172 g/mol. The number of aryl methyl sites for hydroxylation is 1. The van der Waals surface area contributed by atoms with Crippen molar-refractivity contribution in [3.8, 4) is 6.07 Å². The summed E-state index contributed by atoms with van der Waals surface area (Å²) in [5.74, 6) is 0. The quantitative estimate of drug-likeness (QED) is 0.673. The zero-order valence-electron chi connectivity index (χ0n) is 8.76. The van der Waals surface area contributed by atoms with Gasteiger partial charge in [-0.1, -0.05) is 13.8 Å². The van der Waals surface area contributed by atoms with E-state index < -0.39 is 0 Å². The molecule has 0 fully saturated rings. The van der Waals surface area contributed by atoms with Gasteiger partial charge in [-0.25, -0.2) is 0 Å². The second kappa shape index (κ2) is 4.48. The van der Waals surface area contributed by atoms with E-state index in [1.54, 1.807) is 0 Å². The van der Waals surface area contributed by atoms with Gasteiger partial charge in [-0.3, -0.25) is 0 Å². The lowest BCUT2D eigenvalue weighted by molar-refractivity contribution is 1.43. The van der Waals surface area contributed by atoms with Crippen LogP contribution in [-0.2, 0) is 0 Å². The van der Waals surface area contributed by atoms with E-state index in [0.717, 1.165) is 10.9 Å². The van der Waals surface area contributed by atoms with Gasteiger partial charge < -0.3 is 4.98 Å². The Morgan fingerprint density at radius 1 is 1.29 bits per heavy atom. The van der Waals surface area contributed by atoms with Gasteiger partial charge in [-0.05, 0) is 30.7 Å². The van der Waals surface area contributed by atoms with E-state index in [9.17, 15) is 0 Å². The fourth-order valence-corrected chi connectivity index (χ4v) is 1.33. The molecule has 0 unspecified atom stereocenters. The maximum absolute atomic E-state index is 8.67. The molecule has 2 rings (SSSR count). The molecule has 1 N–H and O–H groups in total. The highest BCUT2D eigenvalue weighted by molar-refractivity contribution is 5.84. The summed E-state index contributed by atoms with van der Waals surface area (Å²) in [6.07, 6.45) is 1.95. The topological polar surface area (TPSA) is 39.6 Å². The van der Waals surface area contributed by atoms with Crippen LogP contribution in [0.1, 0.15) is 25.0 Å². The molecule has 72 valence electrons. The van der Waals surface area contributed by atoms with Crippen molar-refractivity contribution in [2.45, 2.75) is 20.8 Å². The summed E-state index contributed by atoms with van der Waals surface area (Å²) in [6, 6.07) is 7.78. The first-order valence-corrected chi connectivity index (χ1v) is 4.79. The van der Waals surface area contributed by atoms with Crippen molar-refractivity contribution < 1.29 is 0 Å². The average Bonchev–Trinajstić information content (AvgIpc) is 2.63. The normalized spacial score (nSPS) is 9.00. The van der Waals surface area contributed by atoms with E-state index in [0.29, 0.717) is 5.56 Å². The zero-order valence-corrected chi connectivity index (χ0v) is 8.76. The van der Waals surface area contributed by atoms with Gasteiger partial charge >= 0.3 is 0 Å². The minimum atomic E-state index is 0.713. The molecule has 0 saturated carbocycles. The number of nitrogens with zero attached hydrogens (tertiary/aromatic N) is 1. The number of fused-ring (bicyclic) bond motifs is 1. The molecule has 0 atom stereocenters. The molecule has 0 aliphatic rings. The fourth-order valence-electron chi connectivity index (χ4n) is 1.33. The van der Waals surface area contributed by atoms with Crippen molar-refractivity contribution >= 4 is 10.9 Å². The van der Waals surface area contributed by atoms with Crippen molar-refractivity contribution in [3.63, 3.8) is 0 Å². The highest BCUT2D eigenvalue weighted by Crippen LogP contribution is 2.18. The number of hydrogen-bond donors (Lipinski definition) is 1. The Labute approximate surface area is 84.2 Å². The molecule has 2 heteroatoms. The van der Waals surface area contributed by atoms with Gasteiger partial charge in [0, 0.05) is 17.1 Å². The van der Waals surface area contributed by atoms with Crippen molar-refractivity contribution in [3.05, 3.63) is 35.5 Å². The van der Waals surface area contributed by atoms with Crippen LogP contribution in [0.15, 0.2) is 24.4 Å². The highest BCUT2D eigenvalue weighted by atomic mass is 14.7. The first kappa shape index (κ1) is 10.3. The predicted molar refractivity (Wildman–Crippen MR) is 59.1 cm³/mol. The molecule has 0 saturated heterocycles. The smallest absolute Gasteiger partial charge is 0.0991 e. The van der Waals surface area contributed by atoms with Crippen LogP contribution in [0.3, 0.4) is 0 Å². The van der Waals surface area contributed by atoms with Crippen molar-refractivity contribution in [2.75, 3.05) is 0 Å². The second-order valence-corrected chi connectivity index (χ2v) is 2.84. The summed E-state index contributed by atoms with van der Waals surface area (Å²) in [5.41, 5.74) is 2.99. The zero-order chi connectivity index (χ0) is 10.6. The number of H-pyrrole nitrogens is 1. The lowest BCUT2D eigenvalue weighted by Crippen LogP contribution is -1.73. The van der Waals surface area contributed by atoms with Crippen LogP contribution < -0.4 is 0 Å². The number of aromatic amines is 1. The van der Waals surface area contributed by atoms with E-state index >= 15 is 0 Å². The molecule has 2 aromatic rings. The third-order valence-corrected chi connectivity index (χ3v) is 2.02. The predicted octanol–water partition coefficient (Wildman–Crippen LogP) is 3.37. The number of nitrogens with one attached hydrogen (secondary N) is 1. The summed E-state index contributed by atoms with van der Waals surface area (Å²) in [6.45, 7) is 6.03. The SMILES string of the molecule is CC.Cc1c[nH]c2ccc(C#N)cc12. The van der Waals surface area contributed by atoms with E-state index in [1.807, 2.05) is 45.2 Å². The molecule has 0 radical (unpaired) electrons. The molecule has 0 spiro atoms. The summed E-state index contributed by atoms with van der Waals surface area (Å²) >= 11 is 0. The summed E-state index contributed by atoms with van der Waals surface area (Å²) in [5, 5.41) is 9.80. The maximum atomic E-state index is 8.67. The van der Waals surface area contributed by atoms with Gasteiger partial charge in [0.05, 0.1) is 11.6 Å². The Hall–Kier alpha value is -1.75. The van der Waals surface area contributed by atoms with Gasteiger partial charge in [0.1, 0.15) is 0 Å². The monoisotopic (exact) mass is 186 g/mol. The lowest BCUT2D eigenvalue weighted by Gasteiger charge is -1.91. The van der Waals surface area contributed by atoms with E-state index in [2.05, 4.69) is 11.1 Å². The van der Waals surface area contributed by atoms with Crippen LogP contribution in [-0.4, -0.2) is 4.98 Å². The van der Waals surface area contributed by atoms with Gasteiger partial charge in [0.15, 0.2) is 0 Å². The molecular formula is C12H14N2. The Morgan fingerprint density at radius 3 is 2.64 bits per heavy atom. The average molecular weight is 186 g/mol. The minimum absolute atomic E-state index is 0.713. The van der Waals surface area contributed by atoms with Crippen LogP contribution >= 0.6 is 0 Å². The number of hydrogen-bond acceptors (Lipinski definition) is 1. The van der Waals surface area contributed by atoms with Gasteiger partial charge in [-0.15, -0.1) is 0 Å². The summed E-state index contributed by atoms with van der Waals surface area (Å²) in [4.78, 5) is 3.13. The molecule has 2 nitrogen and oxygen atoms in total. The standard InChI is InChI=1S/C10H8N2.C2H6/c1-7-6-12-10-3-2-8(5-11)4-9(7)10;1-2/h2-4,6,12H,1H3;1-2H3. The first-order valence-electron chi connectivity index (χ1n) is 4.79. The van der Waals surface area contributed by atoms with Crippen LogP contribution in [0.4, 0.5) is 0 Å². The fraction of sp³-hybridized carbons (Fsp3) is 0.250. The van der Waals surface area contributed by atoms with Crippen molar-refractivity contribution in [2.24, 2.45) is 0 Å². The van der Waals surface area contributed by atoms with Crippen LogP contribution in [0, 0.1) is 18.3 Å². The van der Waals surface area contributed by atoms with E-state index in [1.165, 1.54) is 5.56 Å². The largest absolute Gasteiger partial charge is 0.361 e. The van der Waals surface area contributed by atoms with Crippen molar-refractivity contribution in [1.29, 1.82) is 5.26 Å². The molecule has 0 amide bonds.